The molecule has 0 aliphatic rings. The van der Waals surface area contributed by atoms with Crippen LogP contribution in [0.5, 0.6) is 0 Å². The molecule has 2 aromatic heterocycles. The van der Waals surface area contributed by atoms with Crippen LogP contribution in [-0.4, -0.2) is 26.7 Å². The molecular weight excluding hydrogens is 357 g/mol. The van der Waals surface area contributed by atoms with E-state index < -0.39 is 10.0 Å². The van der Waals surface area contributed by atoms with Crippen molar-refractivity contribution in [2.75, 3.05) is 4.72 Å². The van der Waals surface area contributed by atoms with Crippen molar-refractivity contribution in [1.29, 1.82) is 0 Å². The van der Waals surface area contributed by atoms with Gasteiger partial charge in [0.05, 0.1) is 28.8 Å². The maximum absolute atomic E-state index is 12.4. The summed E-state index contributed by atoms with van der Waals surface area (Å²) in [7, 11) is -2.39. The molecule has 2 heterocycles. The topological polar surface area (TPSA) is 89.8 Å². The van der Waals surface area contributed by atoms with Crippen LogP contribution >= 0.6 is 34.9 Å². The molecule has 0 radical (unpaired) electrons. The zero-order chi connectivity index (χ0) is 15.2. The standard InChI is InChI=1S/C10H7Cl2N5O2S2/c1-17-4-13-10(9(17)12)21(18,19)16-7-5(11)2-3-6-8(7)15-20-14-6/h2-4,16H,1H3. The summed E-state index contributed by atoms with van der Waals surface area (Å²) < 4.78 is 36.6. The van der Waals surface area contributed by atoms with E-state index in [-0.39, 0.29) is 20.9 Å². The van der Waals surface area contributed by atoms with Gasteiger partial charge in [0, 0.05) is 7.05 Å². The van der Waals surface area contributed by atoms with Gasteiger partial charge in [0.25, 0.3) is 10.0 Å². The Morgan fingerprint density at radius 3 is 2.71 bits per heavy atom. The Morgan fingerprint density at radius 2 is 2.05 bits per heavy atom. The fraction of sp³-hybridized carbons (Fsp3) is 0.100. The zero-order valence-corrected chi connectivity index (χ0v) is 13.6. The van der Waals surface area contributed by atoms with Crippen LogP contribution in [0, 0.1) is 0 Å². The number of halogens is 2. The Morgan fingerprint density at radius 1 is 1.29 bits per heavy atom. The van der Waals surface area contributed by atoms with E-state index in [0.717, 1.165) is 11.7 Å². The molecule has 0 amide bonds. The van der Waals surface area contributed by atoms with Gasteiger partial charge in [-0.1, -0.05) is 23.2 Å². The molecule has 3 aromatic rings. The van der Waals surface area contributed by atoms with Gasteiger partial charge in [0.1, 0.15) is 16.2 Å². The first-order valence-electron chi connectivity index (χ1n) is 5.50. The van der Waals surface area contributed by atoms with Crippen LogP contribution < -0.4 is 4.72 Å². The summed E-state index contributed by atoms with van der Waals surface area (Å²) in [5, 5.41) is -0.0593. The Labute approximate surface area is 133 Å². The minimum absolute atomic E-state index is 0.00204. The molecule has 0 saturated carbocycles. The molecule has 0 aliphatic heterocycles. The number of nitrogens with zero attached hydrogens (tertiary/aromatic N) is 4. The Balaban J connectivity index is 2.11. The lowest BCUT2D eigenvalue weighted by molar-refractivity contribution is 0.598. The van der Waals surface area contributed by atoms with Crippen molar-refractivity contribution >= 4 is 61.7 Å². The second-order valence-electron chi connectivity index (χ2n) is 4.11. The van der Waals surface area contributed by atoms with E-state index in [2.05, 4.69) is 18.5 Å². The Bertz CT molecular complexity index is 934. The largest absolute Gasteiger partial charge is 0.324 e. The molecule has 21 heavy (non-hydrogen) atoms. The third kappa shape index (κ3) is 2.46. The van der Waals surface area contributed by atoms with Gasteiger partial charge in [0.15, 0.2) is 0 Å². The molecule has 11 heteroatoms. The van der Waals surface area contributed by atoms with Gasteiger partial charge < -0.3 is 4.57 Å². The van der Waals surface area contributed by atoms with Crippen molar-refractivity contribution in [3.63, 3.8) is 0 Å². The molecule has 3 rings (SSSR count). The number of hydrogen-bond donors (Lipinski definition) is 1. The molecule has 0 spiro atoms. The molecule has 0 saturated heterocycles. The van der Waals surface area contributed by atoms with Gasteiger partial charge in [-0.05, 0) is 12.1 Å². The number of aryl methyl sites for hydroxylation is 1. The van der Waals surface area contributed by atoms with Crippen LogP contribution in [-0.2, 0) is 17.1 Å². The molecular formula is C10H7Cl2N5O2S2. The number of nitrogens with one attached hydrogen (secondary N) is 1. The fourth-order valence-corrected chi connectivity index (χ4v) is 4.00. The lowest BCUT2D eigenvalue weighted by Crippen LogP contribution is -2.14. The van der Waals surface area contributed by atoms with Crippen molar-refractivity contribution in [2.45, 2.75) is 5.03 Å². The van der Waals surface area contributed by atoms with Gasteiger partial charge in [-0.3, -0.25) is 4.72 Å². The zero-order valence-electron chi connectivity index (χ0n) is 10.4. The quantitative estimate of drug-likeness (QED) is 0.771. The summed E-state index contributed by atoms with van der Waals surface area (Å²) >= 11 is 12.9. The average Bonchev–Trinajstić information content (AvgIpc) is 3.01. The van der Waals surface area contributed by atoms with E-state index in [4.69, 9.17) is 23.2 Å². The highest BCUT2D eigenvalue weighted by Crippen LogP contribution is 2.32. The summed E-state index contributed by atoms with van der Waals surface area (Å²) in [4.78, 5) is 3.78. The number of benzene rings is 1. The van der Waals surface area contributed by atoms with Crippen molar-refractivity contribution in [1.82, 2.24) is 18.3 Å². The van der Waals surface area contributed by atoms with Gasteiger partial charge >= 0.3 is 0 Å². The van der Waals surface area contributed by atoms with Crippen LogP contribution in [0.25, 0.3) is 11.0 Å². The highest BCUT2D eigenvalue weighted by atomic mass is 35.5. The Kier molecular flexibility index (Phi) is 3.52. The summed E-state index contributed by atoms with van der Waals surface area (Å²) in [5.41, 5.74) is 1.09. The summed E-state index contributed by atoms with van der Waals surface area (Å²) in [6, 6.07) is 3.20. The summed E-state index contributed by atoms with van der Waals surface area (Å²) in [6.45, 7) is 0. The van der Waals surface area contributed by atoms with E-state index in [1.165, 1.54) is 10.9 Å². The lowest BCUT2D eigenvalue weighted by atomic mass is 10.3. The van der Waals surface area contributed by atoms with Crippen molar-refractivity contribution in [3.8, 4) is 0 Å². The predicted molar refractivity (Wildman–Crippen MR) is 81.5 cm³/mol. The second-order valence-corrected chi connectivity index (χ2v) is 7.00. The van der Waals surface area contributed by atoms with E-state index in [1.807, 2.05) is 0 Å². The van der Waals surface area contributed by atoms with Crippen LogP contribution in [0.4, 0.5) is 5.69 Å². The predicted octanol–water partition coefficient (Wildman–Crippen LogP) is 2.53. The van der Waals surface area contributed by atoms with Crippen molar-refractivity contribution in [3.05, 3.63) is 28.6 Å². The van der Waals surface area contributed by atoms with Crippen LogP contribution in [0.2, 0.25) is 10.2 Å². The number of sulfonamides is 1. The normalized spacial score (nSPS) is 12.0. The molecule has 1 N–H and O–H groups in total. The molecule has 0 unspecified atom stereocenters. The molecule has 0 atom stereocenters. The van der Waals surface area contributed by atoms with Gasteiger partial charge in [-0.15, -0.1) is 0 Å². The minimum Gasteiger partial charge on any atom is -0.324 e. The first-order valence-corrected chi connectivity index (χ1v) is 8.47. The molecule has 7 nitrogen and oxygen atoms in total. The summed E-state index contributed by atoms with van der Waals surface area (Å²) in [5.74, 6) is 0. The highest BCUT2D eigenvalue weighted by molar-refractivity contribution is 7.92. The lowest BCUT2D eigenvalue weighted by Gasteiger charge is -2.08. The maximum Gasteiger partial charge on any atom is 0.282 e. The van der Waals surface area contributed by atoms with Gasteiger partial charge in [-0.2, -0.15) is 17.2 Å². The van der Waals surface area contributed by atoms with Crippen LogP contribution in [0.15, 0.2) is 23.5 Å². The number of anilines is 1. The SMILES string of the molecule is Cn1cnc(S(=O)(=O)Nc2c(Cl)ccc3nsnc23)c1Cl. The monoisotopic (exact) mass is 363 g/mol. The second kappa shape index (κ2) is 5.09. The first-order chi connectivity index (χ1) is 9.90. The van der Waals surface area contributed by atoms with Gasteiger partial charge in [-0.25, -0.2) is 4.98 Å². The maximum atomic E-state index is 12.4. The first kappa shape index (κ1) is 14.5. The van der Waals surface area contributed by atoms with Crippen molar-refractivity contribution in [2.24, 2.45) is 7.05 Å². The number of aromatic nitrogens is 4. The summed E-state index contributed by atoms with van der Waals surface area (Å²) in [6.07, 6.45) is 1.31. The third-order valence-corrected chi connectivity index (χ3v) is 5.40. The highest BCUT2D eigenvalue weighted by Gasteiger charge is 2.25. The molecule has 1 aromatic carbocycles. The van der Waals surface area contributed by atoms with Gasteiger partial charge in [0.2, 0.25) is 5.03 Å². The van der Waals surface area contributed by atoms with E-state index in [1.54, 1.807) is 19.2 Å². The van der Waals surface area contributed by atoms with E-state index in [9.17, 15) is 8.42 Å². The van der Waals surface area contributed by atoms with E-state index >= 15 is 0 Å². The molecule has 0 aliphatic carbocycles. The number of imidazole rings is 1. The number of fused-ring (bicyclic) bond motifs is 1. The molecule has 0 fully saturated rings. The van der Waals surface area contributed by atoms with Crippen molar-refractivity contribution < 1.29 is 8.42 Å². The smallest absolute Gasteiger partial charge is 0.282 e. The number of rotatable bonds is 3. The molecule has 0 bridgehead atoms. The number of hydrogen-bond acceptors (Lipinski definition) is 6. The Hall–Kier alpha value is -1.42. The van der Waals surface area contributed by atoms with Crippen LogP contribution in [0.1, 0.15) is 0 Å². The third-order valence-electron chi connectivity index (χ3n) is 2.70. The minimum atomic E-state index is -3.98. The molecule has 110 valence electrons. The van der Waals surface area contributed by atoms with E-state index in [0.29, 0.717) is 11.0 Å². The average molecular weight is 364 g/mol. The van der Waals surface area contributed by atoms with Crippen LogP contribution in [0.3, 0.4) is 0 Å². The fourth-order valence-electron chi connectivity index (χ4n) is 1.68.